The molecule has 0 saturated heterocycles. The molecule has 1 heterocycles. The van der Waals surface area contributed by atoms with Crippen LogP contribution in [0.15, 0.2) is 10.8 Å². The second kappa shape index (κ2) is 5.65. The first-order chi connectivity index (χ1) is 7.79. The lowest BCUT2D eigenvalue weighted by Crippen LogP contribution is -2.49. The average molecular weight is 254 g/mol. The minimum absolute atomic E-state index is 0.0467. The fourth-order valence-electron chi connectivity index (χ4n) is 1.40. The second-order valence-corrected chi connectivity index (χ2v) is 6.17. The maximum absolute atomic E-state index is 11.8. The number of hydrogen-bond donors (Lipinski definition) is 2. The number of rotatable bonds is 4. The number of amides is 1. The molecule has 1 unspecified atom stereocenters. The van der Waals surface area contributed by atoms with Gasteiger partial charge in [0.2, 0.25) is 5.91 Å². The largest absolute Gasteiger partial charge is 0.350 e. The van der Waals surface area contributed by atoms with Crippen molar-refractivity contribution in [3.8, 4) is 0 Å². The number of carbonyl (C=O) groups excluding carboxylic acids is 1. The summed E-state index contributed by atoms with van der Waals surface area (Å²) in [5.41, 5.74) is 2.38. The van der Waals surface area contributed by atoms with Crippen LogP contribution in [0.25, 0.3) is 0 Å². The summed E-state index contributed by atoms with van der Waals surface area (Å²) >= 11 is 1.70. The molecule has 1 atom stereocenters. The van der Waals surface area contributed by atoms with Crippen molar-refractivity contribution in [1.82, 2.24) is 10.6 Å². The van der Waals surface area contributed by atoms with Gasteiger partial charge in [0.1, 0.15) is 0 Å². The normalized spacial score (nSPS) is 13.5. The molecule has 0 aliphatic carbocycles. The van der Waals surface area contributed by atoms with Crippen LogP contribution in [0, 0.1) is 6.92 Å². The minimum Gasteiger partial charge on any atom is -0.350 e. The molecule has 1 amide bonds. The highest BCUT2D eigenvalue weighted by Gasteiger charge is 2.18. The maximum atomic E-state index is 11.8. The summed E-state index contributed by atoms with van der Waals surface area (Å²) in [6.07, 6.45) is 0. The number of aryl methyl sites for hydroxylation is 1. The minimum atomic E-state index is -0.175. The van der Waals surface area contributed by atoms with Crippen molar-refractivity contribution < 1.29 is 4.79 Å². The van der Waals surface area contributed by atoms with Crippen molar-refractivity contribution in [1.29, 1.82) is 0 Å². The topological polar surface area (TPSA) is 41.1 Å². The quantitative estimate of drug-likeness (QED) is 0.866. The van der Waals surface area contributed by atoms with Crippen molar-refractivity contribution in [2.45, 2.75) is 52.7 Å². The van der Waals surface area contributed by atoms with E-state index in [9.17, 15) is 4.79 Å². The highest BCUT2D eigenvalue weighted by molar-refractivity contribution is 7.08. The maximum Gasteiger partial charge on any atom is 0.237 e. The van der Waals surface area contributed by atoms with E-state index in [1.54, 1.807) is 11.3 Å². The molecule has 1 aromatic heterocycles. The van der Waals surface area contributed by atoms with Crippen LogP contribution in [-0.2, 0) is 11.3 Å². The highest BCUT2D eigenvalue weighted by atomic mass is 32.1. The number of nitrogens with one attached hydrogen (secondary N) is 2. The zero-order valence-corrected chi connectivity index (χ0v) is 12.1. The molecule has 96 valence electrons. The molecule has 4 heteroatoms. The Kier molecular flexibility index (Phi) is 4.71. The lowest BCUT2D eigenvalue weighted by molar-refractivity contribution is -0.124. The third-order valence-electron chi connectivity index (χ3n) is 2.45. The van der Waals surface area contributed by atoms with E-state index in [0.29, 0.717) is 0 Å². The van der Waals surface area contributed by atoms with Crippen molar-refractivity contribution >= 4 is 17.2 Å². The van der Waals surface area contributed by atoms with Gasteiger partial charge in [-0.15, -0.1) is 0 Å². The molecular weight excluding hydrogens is 232 g/mol. The molecule has 0 radical (unpaired) electrons. The summed E-state index contributed by atoms with van der Waals surface area (Å²) in [5, 5.41) is 10.5. The predicted molar refractivity (Wildman–Crippen MR) is 73.3 cm³/mol. The van der Waals surface area contributed by atoms with Gasteiger partial charge in [-0.1, -0.05) is 0 Å². The molecule has 1 rings (SSSR count). The summed E-state index contributed by atoms with van der Waals surface area (Å²) in [5.74, 6) is 0.0467. The molecule has 17 heavy (non-hydrogen) atoms. The van der Waals surface area contributed by atoms with Crippen LogP contribution >= 0.6 is 11.3 Å². The van der Waals surface area contributed by atoms with Gasteiger partial charge in [0.25, 0.3) is 0 Å². The smallest absolute Gasteiger partial charge is 0.237 e. The zero-order valence-electron chi connectivity index (χ0n) is 11.3. The predicted octanol–water partition coefficient (Wildman–Crippen LogP) is 2.45. The Hall–Kier alpha value is -0.870. The van der Waals surface area contributed by atoms with Gasteiger partial charge in [-0.25, -0.2) is 0 Å². The van der Waals surface area contributed by atoms with Crippen LogP contribution in [0.3, 0.4) is 0 Å². The van der Waals surface area contributed by atoms with E-state index in [2.05, 4.69) is 28.3 Å². The van der Waals surface area contributed by atoms with Gasteiger partial charge in [-0.3, -0.25) is 4.79 Å². The van der Waals surface area contributed by atoms with Crippen molar-refractivity contribution in [2.24, 2.45) is 0 Å². The molecule has 0 spiro atoms. The molecule has 0 fully saturated rings. The number of thiophene rings is 1. The standard InChI is InChI=1S/C13H22N2OS/c1-9-7-17-8-11(9)6-14-10(2)12(16)15-13(3,4)5/h7-8,10,14H,6H2,1-5H3,(H,15,16). The number of hydrogen-bond acceptors (Lipinski definition) is 3. The van der Waals surface area contributed by atoms with Gasteiger partial charge < -0.3 is 10.6 Å². The number of carbonyl (C=O) groups is 1. The summed E-state index contributed by atoms with van der Waals surface area (Å²) < 4.78 is 0. The third kappa shape index (κ3) is 4.88. The highest BCUT2D eigenvalue weighted by Crippen LogP contribution is 2.13. The van der Waals surface area contributed by atoms with E-state index in [1.165, 1.54) is 11.1 Å². The van der Waals surface area contributed by atoms with Crippen molar-refractivity contribution in [3.05, 3.63) is 21.9 Å². The Balaban J connectivity index is 2.42. The fraction of sp³-hybridized carbons (Fsp3) is 0.615. The molecule has 2 N–H and O–H groups in total. The van der Waals surface area contributed by atoms with E-state index in [-0.39, 0.29) is 17.5 Å². The molecule has 1 aromatic rings. The van der Waals surface area contributed by atoms with Crippen LogP contribution in [0.2, 0.25) is 0 Å². The van der Waals surface area contributed by atoms with E-state index in [4.69, 9.17) is 0 Å². The average Bonchev–Trinajstić information content (AvgIpc) is 2.57. The van der Waals surface area contributed by atoms with E-state index in [0.717, 1.165) is 6.54 Å². The van der Waals surface area contributed by atoms with Gasteiger partial charge in [0, 0.05) is 12.1 Å². The first-order valence-corrected chi connectivity index (χ1v) is 6.81. The summed E-state index contributed by atoms with van der Waals surface area (Å²) in [6.45, 7) is 10.7. The third-order valence-corrected chi connectivity index (χ3v) is 3.36. The Labute approximate surface area is 108 Å². The first kappa shape index (κ1) is 14.2. The van der Waals surface area contributed by atoms with E-state index in [1.807, 2.05) is 27.7 Å². The van der Waals surface area contributed by atoms with Gasteiger partial charge in [0.15, 0.2) is 0 Å². The Morgan fingerprint density at radius 3 is 2.53 bits per heavy atom. The molecule has 0 saturated carbocycles. The SMILES string of the molecule is Cc1cscc1CNC(C)C(=O)NC(C)(C)C. The van der Waals surface area contributed by atoms with E-state index >= 15 is 0 Å². The van der Waals surface area contributed by atoms with Crippen molar-refractivity contribution in [2.75, 3.05) is 0 Å². The lowest BCUT2D eigenvalue weighted by Gasteiger charge is -2.23. The zero-order chi connectivity index (χ0) is 13.1. The van der Waals surface area contributed by atoms with Gasteiger partial charge >= 0.3 is 0 Å². The van der Waals surface area contributed by atoms with Crippen LogP contribution in [0.1, 0.15) is 38.8 Å². The van der Waals surface area contributed by atoms with Crippen molar-refractivity contribution in [3.63, 3.8) is 0 Å². The lowest BCUT2D eigenvalue weighted by atomic mass is 10.1. The van der Waals surface area contributed by atoms with Gasteiger partial charge in [-0.2, -0.15) is 11.3 Å². The molecule has 0 bridgehead atoms. The summed E-state index contributed by atoms with van der Waals surface area (Å²) in [7, 11) is 0. The first-order valence-electron chi connectivity index (χ1n) is 5.86. The molecular formula is C13H22N2OS. The molecule has 0 aliphatic rings. The molecule has 3 nitrogen and oxygen atoms in total. The molecule has 0 aromatic carbocycles. The van der Waals surface area contributed by atoms with Gasteiger partial charge in [0.05, 0.1) is 6.04 Å². The van der Waals surface area contributed by atoms with Crippen LogP contribution in [-0.4, -0.2) is 17.5 Å². The Bertz CT molecular complexity index is 379. The van der Waals surface area contributed by atoms with Gasteiger partial charge in [-0.05, 0) is 56.5 Å². The van der Waals surface area contributed by atoms with Crippen LogP contribution in [0.4, 0.5) is 0 Å². The molecule has 0 aliphatic heterocycles. The monoisotopic (exact) mass is 254 g/mol. The fourth-order valence-corrected chi connectivity index (χ4v) is 2.26. The van der Waals surface area contributed by atoms with E-state index < -0.39 is 0 Å². The Morgan fingerprint density at radius 1 is 1.41 bits per heavy atom. The van der Waals surface area contributed by atoms with Crippen LogP contribution in [0.5, 0.6) is 0 Å². The Morgan fingerprint density at radius 2 is 2.06 bits per heavy atom. The summed E-state index contributed by atoms with van der Waals surface area (Å²) in [6, 6.07) is -0.173. The second-order valence-electron chi connectivity index (χ2n) is 5.42. The summed E-state index contributed by atoms with van der Waals surface area (Å²) in [4.78, 5) is 11.8. The van der Waals surface area contributed by atoms with Crippen LogP contribution < -0.4 is 10.6 Å².